The third-order valence-corrected chi connectivity index (χ3v) is 6.68. The average Bonchev–Trinajstić information content (AvgIpc) is 3.56. The minimum Gasteiger partial charge on any atom is -0.493 e. The smallest absolute Gasteiger partial charge is 0.203 e. The zero-order valence-electron chi connectivity index (χ0n) is 21.3. The van der Waals surface area contributed by atoms with Gasteiger partial charge in [0.05, 0.1) is 27.4 Å². The number of methoxy groups -OCH3 is 3. The molecule has 2 aliphatic rings. The van der Waals surface area contributed by atoms with Gasteiger partial charge in [-0.05, 0) is 49.6 Å². The fourth-order valence-electron chi connectivity index (χ4n) is 4.90. The minimum atomic E-state index is -0.182. The van der Waals surface area contributed by atoms with Crippen LogP contribution in [-0.4, -0.2) is 81.3 Å². The standard InChI is InChI=1S/C28H38N2O5/c1-20(15-21-9-6-5-7-10-21)18-30(13-8-12-29-14-11-23(31)19-29)28-26(35-28)22-16-24(32-2)27(34-4)25(17-22)33-3/h5-7,9-10,15-17,23,26,28,31H,8,11-14,18-19H2,1-4H3/b20-15+. The first-order valence-corrected chi connectivity index (χ1v) is 12.3. The van der Waals surface area contributed by atoms with Crippen molar-refractivity contribution in [2.45, 2.75) is 38.2 Å². The van der Waals surface area contributed by atoms with Crippen molar-refractivity contribution in [3.63, 3.8) is 0 Å². The van der Waals surface area contributed by atoms with Crippen LogP contribution in [0.25, 0.3) is 6.08 Å². The van der Waals surface area contributed by atoms with Gasteiger partial charge in [0.15, 0.2) is 11.5 Å². The maximum absolute atomic E-state index is 9.84. The Labute approximate surface area is 208 Å². The molecule has 3 unspecified atom stereocenters. The molecule has 0 aromatic heterocycles. The fourth-order valence-corrected chi connectivity index (χ4v) is 4.90. The average molecular weight is 483 g/mol. The molecular weight excluding hydrogens is 444 g/mol. The fraction of sp³-hybridized carbons (Fsp3) is 0.500. The summed E-state index contributed by atoms with van der Waals surface area (Å²) in [7, 11) is 4.87. The highest BCUT2D eigenvalue weighted by atomic mass is 16.6. The molecule has 190 valence electrons. The molecule has 0 spiro atoms. The molecule has 4 rings (SSSR count). The van der Waals surface area contributed by atoms with E-state index in [-0.39, 0.29) is 18.4 Å². The molecule has 2 aromatic carbocycles. The van der Waals surface area contributed by atoms with Crippen molar-refractivity contribution in [3.05, 3.63) is 59.2 Å². The quantitative estimate of drug-likeness (QED) is 0.459. The number of hydrogen-bond acceptors (Lipinski definition) is 7. The number of aliphatic hydroxyl groups excluding tert-OH is 1. The Morgan fingerprint density at radius 2 is 1.83 bits per heavy atom. The minimum absolute atomic E-state index is 0.0129. The van der Waals surface area contributed by atoms with Crippen LogP contribution in [0.3, 0.4) is 0 Å². The third-order valence-electron chi connectivity index (χ3n) is 6.68. The monoisotopic (exact) mass is 482 g/mol. The molecule has 2 saturated heterocycles. The maximum Gasteiger partial charge on any atom is 0.203 e. The van der Waals surface area contributed by atoms with E-state index in [0.29, 0.717) is 17.2 Å². The summed E-state index contributed by atoms with van der Waals surface area (Å²) in [5, 5.41) is 9.84. The highest BCUT2D eigenvalue weighted by molar-refractivity contribution is 5.55. The number of likely N-dealkylation sites (tertiary alicyclic amines) is 1. The molecule has 7 nitrogen and oxygen atoms in total. The molecule has 0 saturated carbocycles. The molecule has 0 radical (unpaired) electrons. The lowest BCUT2D eigenvalue weighted by atomic mass is 10.1. The van der Waals surface area contributed by atoms with E-state index < -0.39 is 0 Å². The molecule has 2 aliphatic heterocycles. The highest BCUT2D eigenvalue weighted by Gasteiger charge is 2.45. The van der Waals surface area contributed by atoms with Gasteiger partial charge in [-0.15, -0.1) is 0 Å². The zero-order valence-corrected chi connectivity index (χ0v) is 21.3. The van der Waals surface area contributed by atoms with Crippen LogP contribution < -0.4 is 14.2 Å². The molecule has 0 aliphatic carbocycles. The van der Waals surface area contributed by atoms with Crippen molar-refractivity contribution < 1.29 is 24.1 Å². The number of rotatable bonds is 12. The van der Waals surface area contributed by atoms with Crippen molar-refractivity contribution in [3.8, 4) is 17.2 Å². The van der Waals surface area contributed by atoms with E-state index in [0.717, 1.165) is 51.1 Å². The normalized spacial score (nSPS) is 22.5. The highest BCUT2D eigenvalue weighted by Crippen LogP contribution is 2.47. The van der Waals surface area contributed by atoms with Crippen LogP contribution in [0.15, 0.2) is 48.0 Å². The first kappa shape index (κ1) is 25.5. The lowest BCUT2D eigenvalue weighted by Crippen LogP contribution is -2.33. The topological polar surface area (TPSA) is 66.9 Å². The van der Waals surface area contributed by atoms with Crippen molar-refractivity contribution in [2.24, 2.45) is 0 Å². The van der Waals surface area contributed by atoms with Gasteiger partial charge in [-0.2, -0.15) is 0 Å². The van der Waals surface area contributed by atoms with Crippen molar-refractivity contribution >= 4 is 6.08 Å². The van der Waals surface area contributed by atoms with Crippen molar-refractivity contribution in [1.29, 1.82) is 0 Å². The molecule has 0 bridgehead atoms. The Bertz CT molecular complexity index is 971. The summed E-state index contributed by atoms with van der Waals surface area (Å²) < 4.78 is 22.8. The number of nitrogens with zero attached hydrogens (tertiary/aromatic N) is 2. The maximum atomic E-state index is 9.84. The van der Waals surface area contributed by atoms with Crippen molar-refractivity contribution in [2.75, 3.05) is 54.1 Å². The van der Waals surface area contributed by atoms with Crippen molar-refractivity contribution in [1.82, 2.24) is 9.80 Å². The number of benzene rings is 2. The molecular formula is C28H38N2O5. The summed E-state index contributed by atoms with van der Waals surface area (Å²) in [5.74, 6) is 1.85. The van der Waals surface area contributed by atoms with Crippen LogP contribution in [-0.2, 0) is 4.74 Å². The second-order valence-corrected chi connectivity index (χ2v) is 9.37. The predicted octanol–water partition coefficient (Wildman–Crippen LogP) is 3.97. The summed E-state index contributed by atoms with van der Waals surface area (Å²) in [6.07, 6.45) is 3.88. The van der Waals surface area contributed by atoms with Gasteiger partial charge in [0.1, 0.15) is 12.3 Å². The molecule has 1 N–H and O–H groups in total. The van der Waals surface area contributed by atoms with Gasteiger partial charge in [-0.1, -0.05) is 42.0 Å². The van der Waals surface area contributed by atoms with Gasteiger partial charge in [-0.3, -0.25) is 4.90 Å². The Kier molecular flexibility index (Phi) is 8.68. The van der Waals surface area contributed by atoms with Gasteiger partial charge < -0.3 is 29.0 Å². The third kappa shape index (κ3) is 6.55. The first-order chi connectivity index (χ1) is 17.0. The second-order valence-electron chi connectivity index (χ2n) is 9.37. The van der Waals surface area contributed by atoms with Gasteiger partial charge >= 0.3 is 0 Å². The van der Waals surface area contributed by atoms with E-state index in [1.165, 1.54) is 11.1 Å². The van der Waals surface area contributed by atoms with Crippen LogP contribution >= 0.6 is 0 Å². The van der Waals surface area contributed by atoms with E-state index in [4.69, 9.17) is 18.9 Å². The molecule has 0 amide bonds. The molecule has 3 atom stereocenters. The Morgan fingerprint density at radius 3 is 2.43 bits per heavy atom. The largest absolute Gasteiger partial charge is 0.493 e. The number of aliphatic hydroxyl groups is 1. The van der Waals surface area contributed by atoms with E-state index in [2.05, 4.69) is 47.1 Å². The van der Waals surface area contributed by atoms with Crippen LogP contribution in [0.2, 0.25) is 0 Å². The first-order valence-electron chi connectivity index (χ1n) is 12.3. The van der Waals surface area contributed by atoms with Gasteiger partial charge in [0.25, 0.3) is 0 Å². The van der Waals surface area contributed by atoms with E-state index in [1.54, 1.807) is 21.3 Å². The molecule has 35 heavy (non-hydrogen) atoms. The van der Waals surface area contributed by atoms with Crippen LogP contribution in [0.1, 0.15) is 37.0 Å². The van der Waals surface area contributed by atoms with Crippen LogP contribution in [0, 0.1) is 0 Å². The molecule has 2 fully saturated rings. The van der Waals surface area contributed by atoms with Gasteiger partial charge in [-0.25, -0.2) is 0 Å². The van der Waals surface area contributed by atoms with Gasteiger partial charge in [0, 0.05) is 26.2 Å². The summed E-state index contributed by atoms with van der Waals surface area (Å²) in [6.45, 7) is 6.65. The number of β-amino-alcohol motifs (C(OH)–C–C–N with tert-alkyl or cyclic N) is 1. The number of ether oxygens (including phenoxy) is 4. The molecule has 2 heterocycles. The predicted molar refractivity (Wildman–Crippen MR) is 137 cm³/mol. The summed E-state index contributed by atoms with van der Waals surface area (Å²) in [5.41, 5.74) is 3.50. The summed E-state index contributed by atoms with van der Waals surface area (Å²) in [6, 6.07) is 14.4. The second kappa shape index (κ2) is 11.9. The summed E-state index contributed by atoms with van der Waals surface area (Å²) in [4.78, 5) is 4.76. The van der Waals surface area contributed by atoms with E-state index in [9.17, 15) is 5.11 Å². The Balaban J connectivity index is 1.47. The SMILES string of the molecule is COc1cc(C2OC2N(CCCN2CCC(O)C2)C/C(C)=C/c2ccccc2)cc(OC)c1OC. The lowest BCUT2D eigenvalue weighted by molar-refractivity contribution is 0.163. The van der Waals surface area contributed by atoms with E-state index >= 15 is 0 Å². The number of epoxide rings is 1. The molecule has 7 heteroatoms. The lowest BCUT2D eigenvalue weighted by Gasteiger charge is -2.23. The number of hydrogen-bond donors (Lipinski definition) is 1. The van der Waals surface area contributed by atoms with E-state index in [1.807, 2.05) is 18.2 Å². The van der Waals surface area contributed by atoms with Crippen LogP contribution in [0.4, 0.5) is 0 Å². The van der Waals surface area contributed by atoms with Crippen LogP contribution in [0.5, 0.6) is 17.2 Å². The zero-order chi connectivity index (χ0) is 24.8. The Hall–Kier alpha value is -2.58. The van der Waals surface area contributed by atoms with Gasteiger partial charge in [0.2, 0.25) is 5.75 Å². The molecule has 2 aromatic rings. The summed E-state index contributed by atoms with van der Waals surface area (Å²) >= 11 is 0. The Morgan fingerprint density at radius 1 is 1.11 bits per heavy atom.